The molecule has 2 rings (SSSR count). The van der Waals surface area contributed by atoms with Crippen LogP contribution in [0, 0.1) is 11.7 Å². The van der Waals surface area contributed by atoms with Gasteiger partial charge in [0.15, 0.2) is 0 Å². The minimum atomic E-state index is -0.415. The van der Waals surface area contributed by atoms with Crippen LogP contribution in [0.2, 0.25) is 0 Å². The first-order valence-corrected chi connectivity index (χ1v) is 9.93. The Balaban J connectivity index is 0.000000257. The Morgan fingerprint density at radius 3 is 2.40 bits per heavy atom. The molecule has 1 saturated carbocycles. The van der Waals surface area contributed by atoms with Crippen LogP contribution in [-0.2, 0) is 0 Å². The van der Waals surface area contributed by atoms with Gasteiger partial charge in [0, 0.05) is 44.2 Å². The lowest BCUT2D eigenvalue weighted by Crippen LogP contribution is -2.28. The van der Waals surface area contributed by atoms with Gasteiger partial charge in [-0.05, 0) is 49.8 Å². The third kappa shape index (κ3) is 8.10. The zero-order valence-electron chi connectivity index (χ0n) is 16.1. The second-order valence-corrected chi connectivity index (χ2v) is 7.79. The predicted octanol–water partition coefficient (Wildman–Crippen LogP) is 4.39. The van der Waals surface area contributed by atoms with Crippen LogP contribution in [0.4, 0.5) is 10.1 Å². The number of nitrogens with zero attached hydrogens (tertiary/aromatic N) is 1. The van der Waals surface area contributed by atoms with Crippen LogP contribution in [0.5, 0.6) is 0 Å². The standard InChI is InChI=1S/C10H13FN2O.C9H19NS/c1-12-9-5-7(4-8(11)6-9)10(14)13(2)3;1-3-11-10-9-6-4-8(2)5-7-9/h4-6,12H,1-3H3;8-10H,3-7H2,1-2H3. The van der Waals surface area contributed by atoms with Gasteiger partial charge in [0.1, 0.15) is 5.82 Å². The topological polar surface area (TPSA) is 44.4 Å². The van der Waals surface area contributed by atoms with Crippen LogP contribution in [0.3, 0.4) is 0 Å². The summed E-state index contributed by atoms with van der Waals surface area (Å²) in [5.74, 6) is 1.54. The van der Waals surface area contributed by atoms with Crippen molar-refractivity contribution in [2.45, 2.75) is 45.6 Å². The van der Waals surface area contributed by atoms with E-state index < -0.39 is 5.82 Å². The average Bonchev–Trinajstić information content (AvgIpc) is 2.60. The van der Waals surface area contributed by atoms with E-state index in [1.54, 1.807) is 27.2 Å². The fourth-order valence-electron chi connectivity index (χ4n) is 2.69. The second kappa shape index (κ2) is 11.4. The van der Waals surface area contributed by atoms with E-state index >= 15 is 0 Å². The molecular weight excluding hydrogens is 337 g/mol. The third-order valence-corrected chi connectivity index (χ3v) is 5.04. The van der Waals surface area contributed by atoms with Crippen molar-refractivity contribution in [2.75, 3.05) is 32.2 Å². The van der Waals surface area contributed by atoms with E-state index in [1.807, 2.05) is 11.9 Å². The first-order chi connectivity index (χ1) is 11.9. The number of halogens is 1. The first-order valence-electron chi connectivity index (χ1n) is 8.94. The van der Waals surface area contributed by atoms with Crippen LogP contribution in [0.15, 0.2) is 18.2 Å². The maximum atomic E-state index is 13.0. The number of hydrogen-bond donors (Lipinski definition) is 2. The zero-order valence-corrected chi connectivity index (χ0v) is 16.9. The maximum absolute atomic E-state index is 13.0. The number of carbonyl (C=O) groups excluding carboxylic acids is 1. The lowest BCUT2D eigenvalue weighted by atomic mass is 9.88. The third-order valence-electron chi connectivity index (χ3n) is 4.25. The monoisotopic (exact) mass is 369 g/mol. The summed E-state index contributed by atoms with van der Waals surface area (Å²) >= 11 is 1.87. The summed E-state index contributed by atoms with van der Waals surface area (Å²) in [6, 6.07) is 4.98. The number of nitrogens with one attached hydrogen (secondary N) is 2. The second-order valence-electron chi connectivity index (χ2n) is 6.69. The van der Waals surface area contributed by atoms with Gasteiger partial charge >= 0.3 is 0 Å². The molecule has 0 aromatic heterocycles. The normalized spacial score (nSPS) is 19.6. The van der Waals surface area contributed by atoms with Crippen LogP contribution >= 0.6 is 11.9 Å². The summed E-state index contributed by atoms with van der Waals surface area (Å²) in [6.07, 6.45) is 5.60. The molecule has 1 aromatic carbocycles. The van der Waals surface area contributed by atoms with Crippen molar-refractivity contribution in [3.8, 4) is 0 Å². The molecule has 1 aliphatic carbocycles. The number of hydrogen-bond acceptors (Lipinski definition) is 4. The summed E-state index contributed by atoms with van der Waals surface area (Å²) in [5, 5.41) is 2.79. The van der Waals surface area contributed by atoms with E-state index in [1.165, 1.54) is 48.5 Å². The molecule has 1 fully saturated rings. The lowest BCUT2D eigenvalue weighted by Gasteiger charge is -2.26. The minimum Gasteiger partial charge on any atom is -0.388 e. The highest BCUT2D eigenvalue weighted by Crippen LogP contribution is 2.24. The van der Waals surface area contributed by atoms with Crippen molar-refractivity contribution >= 4 is 23.5 Å². The Morgan fingerprint density at radius 2 is 1.88 bits per heavy atom. The van der Waals surface area contributed by atoms with Gasteiger partial charge in [-0.2, -0.15) is 0 Å². The van der Waals surface area contributed by atoms with Crippen molar-refractivity contribution in [2.24, 2.45) is 5.92 Å². The van der Waals surface area contributed by atoms with E-state index in [0.29, 0.717) is 11.3 Å². The molecule has 6 heteroatoms. The molecule has 1 aliphatic rings. The fraction of sp³-hybridized carbons (Fsp3) is 0.632. The molecule has 0 unspecified atom stereocenters. The van der Waals surface area contributed by atoms with Gasteiger partial charge in [-0.15, -0.1) is 0 Å². The van der Waals surface area contributed by atoms with Gasteiger partial charge in [-0.3, -0.25) is 9.52 Å². The van der Waals surface area contributed by atoms with Gasteiger partial charge in [-0.25, -0.2) is 4.39 Å². The Kier molecular flexibility index (Phi) is 9.90. The van der Waals surface area contributed by atoms with Crippen molar-refractivity contribution in [1.82, 2.24) is 9.62 Å². The van der Waals surface area contributed by atoms with Gasteiger partial charge in [-0.1, -0.05) is 25.8 Å². The minimum absolute atomic E-state index is 0.207. The summed E-state index contributed by atoms with van der Waals surface area (Å²) < 4.78 is 16.5. The highest BCUT2D eigenvalue weighted by molar-refractivity contribution is 7.97. The summed E-state index contributed by atoms with van der Waals surface area (Å²) in [5.41, 5.74) is 0.939. The van der Waals surface area contributed by atoms with Gasteiger partial charge in [0.25, 0.3) is 5.91 Å². The SMILES string of the molecule is CCSNC1CCC(C)CC1.CNc1cc(F)cc(C(=O)N(C)C)c1. The molecule has 0 heterocycles. The van der Waals surface area contributed by atoms with E-state index in [0.717, 1.165) is 12.0 Å². The van der Waals surface area contributed by atoms with E-state index in [2.05, 4.69) is 23.9 Å². The van der Waals surface area contributed by atoms with Gasteiger partial charge < -0.3 is 10.2 Å². The van der Waals surface area contributed by atoms with Gasteiger partial charge in [0.05, 0.1) is 0 Å². The summed E-state index contributed by atoms with van der Waals surface area (Å²) in [7, 11) is 4.94. The quantitative estimate of drug-likeness (QED) is 0.756. The lowest BCUT2D eigenvalue weighted by molar-refractivity contribution is 0.0827. The molecule has 4 nitrogen and oxygen atoms in total. The number of anilines is 1. The molecular formula is C19H32FN3OS. The van der Waals surface area contributed by atoms with Crippen molar-refractivity contribution < 1.29 is 9.18 Å². The van der Waals surface area contributed by atoms with E-state index in [-0.39, 0.29) is 5.91 Å². The van der Waals surface area contributed by atoms with E-state index in [4.69, 9.17) is 0 Å². The molecule has 0 aliphatic heterocycles. The largest absolute Gasteiger partial charge is 0.388 e. The summed E-state index contributed by atoms with van der Waals surface area (Å²) in [4.78, 5) is 12.9. The van der Waals surface area contributed by atoms with E-state index in [9.17, 15) is 9.18 Å². The Hall–Kier alpha value is -1.27. The Bertz CT molecular complexity index is 529. The van der Waals surface area contributed by atoms with Crippen molar-refractivity contribution in [3.05, 3.63) is 29.6 Å². The highest BCUT2D eigenvalue weighted by atomic mass is 32.2. The average molecular weight is 370 g/mol. The first kappa shape index (κ1) is 21.8. The van der Waals surface area contributed by atoms with Crippen LogP contribution in [0.1, 0.15) is 49.9 Å². The van der Waals surface area contributed by atoms with Crippen LogP contribution in [0.25, 0.3) is 0 Å². The van der Waals surface area contributed by atoms with Crippen LogP contribution < -0.4 is 10.0 Å². The van der Waals surface area contributed by atoms with Gasteiger partial charge in [0.2, 0.25) is 0 Å². The zero-order chi connectivity index (χ0) is 18.8. The molecule has 1 amide bonds. The summed E-state index contributed by atoms with van der Waals surface area (Å²) in [6.45, 7) is 4.56. The predicted molar refractivity (Wildman–Crippen MR) is 107 cm³/mol. The smallest absolute Gasteiger partial charge is 0.253 e. The molecule has 0 atom stereocenters. The van der Waals surface area contributed by atoms with Crippen LogP contribution in [-0.4, -0.2) is 43.7 Å². The molecule has 25 heavy (non-hydrogen) atoms. The maximum Gasteiger partial charge on any atom is 0.253 e. The Morgan fingerprint density at radius 1 is 1.24 bits per heavy atom. The molecule has 0 spiro atoms. The molecule has 0 radical (unpaired) electrons. The highest BCUT2D eigenvalue weighted by Gasteiger charge is 2.17. The Labute approximate surface area is 156 Å². The molecule has 142 valence electrons. The number of carbonyl (C=O) groups is 1. The molecule has 0 saturated heterocycles. The number of benzene rings is 1. The number of rotatable bonds is 5. The molecule has 2 N–H and O–H groups in total. The van der Waals surface area contributed by atoms with Crippen molar-refractivity contribution in [3.63, 3.8) is 0 Å². The van der Waals surface area contributed by atoms with Crippen molar-refractivity contribution in [1.29, 1.82) is 0 Å². The molecule has 0 bridgehead atoms. The number of amides is 1. The fourth-order valence-corrected chi connectivity index (χ4v) is 3.33. The molecule has 1 aromatic rings.